The SMILES string of the molecule is Cc1noc(C)c1-c1cncc(C2CCCN2C(=O)Cn2cc(Cl)cn2)n1. The summed E-state index contributed by atoms with van der Waals surface area (Å²) in [5.74, 6) is 0.690. The lowest BCUT2D eigenvalue weighted by atomic mass is 10.1. The Bertz CT molecular complexity index is 962. The Morgan fingerprint density at radius 1 is 1.33 bits per heavy atom. The summed E-state index contributed by atoms with van der Waals surface area (Å²) in [6.07, 6.45) is 8.36. The van der Waals surface area contributed by atoms with Crippen molar-refractivity contribution in [2.24, 2.45) is 0 Å². The van der Waals surface area contributed by atoms with E-state index in [-0.39, 0.29) is 18.5 Å². The first kappa shape index (κ1) is 17.7. The van der Waals surface area contributed by atoms with Crippen LogP contribution < -0.4 is 0 Å². The molecule has 27 heavy (non-hydrogen) atoms. The molecule has 4 heterocycles. The van der Waals surface area contributed by atoms with Crippen molar-refractivity contribution < 1.29 is 9.32 Å². The monoisotopic (exact) mass is 386 g/mol. The van der Waals surface area contributed by atoms with Crippen LogP contribution in [-0.4, -0.2) is 42.3 Å². The standard InChI is InChI=1S/C18H19ClN6O2/c1-11-18(12(2)27-23-11)15-8-20-7-14(22-15)16-4-3-5-25(16)17(26)10-24-9-13(19)6-21-24/h6-9,16H,3-5,10H2,1-2H3. The number of halogens is 1. The van der Waals surface area contributed by atoms with E-state index >= 15 is 0 Å². The number of carbonyl (C=O) groups is 1. The van der Waals surface area contributed by atoms with E-state index in [4.69, 9.17) is 21.1 Å². The number of aryl methyl sites for hydroxylation is 2. The fourth-order valence-electron chi connectivity index (χ4n) is 3.54. The second-order valence-corrected chi connectivity index (χ2v) is 7.07. The molecule has 0 saturated carbocycles. The average Bonchev–Trinajstić information content (AvgIpc) is 3.36. The Hall–Kier alpha value is -2.74. The van der Waals surface area contributed by atoms with E-state index < -0.39 is 0 Å². The van der Waals surface area contributed by atoms with E-state index in [2.05, 4.69) is 15.2 Å². The predicted molar refractivity (Wildman–Crippen MR) is 97.9 cm³/mol. The van der Waals surface area contributed by atoms with Crippen LogP contribution in [0.4, 0.5) is 0 Å². The van der Waals surface area contributed by atoms with Crippen LogP contribution in [0.15, 0.2) is 29.3 Å². The zero-order valence-corrected chi connectivity index (χ0v) is 15.8. The summed E-state index contributed by atoms with van der Waals surface area (Å²) in [5, 5.41) is 8.58. The smallest absolute Gasteiger partial charge is 0.244 e. The number of amides is 1. The quantitative estimate of drug-likeness (QED) is 0.684. The molecule has 1 saturated heterocycles. The van der Waals surface area contributed by atoms with E-state index in [1.54, 1.807) is 23.3 Å². The topological polar surface area (TPSA) is 89.9 Å². The first-order valence-electron chi connectivity index (χ1n) is 8.75. The summed E-state index contributed by atoms with van der Waals surface area (Å²) in [6, 6.07) is -0.101. The van der Waals surface area contributed by atoms with Crippen LogP contribution in [0.25, 0.3) is 11.3 Å². The van der Waals surface area contributed by atoms with Crippen LogP contribution in [0.1, 0.15) is 36.0 Å². The van der Waals surface area contributed by atoms with Gasteiger partial charge in [-0.2, -0.15) is 5.10 Å². The first-order chi connectivity index (χ1) is 13.0. The molecule has 1 aliphatic heterocycles. The molecular formula is C18H19ClN6O2. The van der Waals surface area contributed by atoms with Crippen LogP contribution in [0, 0.1) is 13.8 Å². The molecule has 8 nitrogen and oxygen atoms in total. The van der Waals surface area contributed by atoms with Gasteiger partial charge in [0.25, 0.3) is 0 Å². The molecule has 1 fully saturated rings. The fourth-order valence-corrected chi connectivity index (χ4v) is 3.69. The van der Waals surface area contributed by atoms with Gasteiger partial charge in [0.1, 0.15) is 12.3 Å². The molecule has 140 valence electrons. The molecule has 1 unspecified atom stereocenters. The van der Waals surface area contributed by atoms with Crippen LogP contribution in [-0.2, 0) is 11.3 Å². The van der Waals surface area contributed by atoms with Crippen LogP contribution >= 0.6 is 11.6 Å². The van der Waals surface area contributed by atoms with Gasteiger partial charge in [0, 0.05) is 12.7 Å². The fraction of sp³-hybridized carbons (Fsp3) is 0.389. The van der Waals surface area contributed by atoms with Gasteiger partial charge in [-0.25, -0.2) is 4.98 Å². The molecule has 4 rings (SSSR count). The predicted octanol–water partition coefficient (Wildman–Crippen LogP) is 2.96. The number of nitrogens with zero attached hydrogens (tertiary/aromatic N) is 6. The minimum absolute atomic E-state index is 0.0122. The lowest BCUT2D eigenvalue weighted by molar-refractivity contribution is -0.133. The third kappa shape index (κ3) is 3.44. The molecule has 9 heteroatoms. The molecule has 3 aromatic heterocycles. The number of hydrogen-bond donors (Lipinski definition) is 0. The van der Waals surface area contributed by atoms with E-state index in [0.29, 0.717) is 23.0 Å². The van der Waals surface area contributed by atoms with Crippen molar-refractivity contribution in [1.82, 2.24) is 29.8 Å². The highest BCUT2D eigenvalue weighted by molar-refractivity contribution is 6.30. The van der Waals surface area contributed by atoms with E-state index in [1.807, 2.05) is 18.7 Å². The Kier molecular flexibility index (Phi) is 4.65. The van der Waals surface area contributed by atoms with Crippen molar-refractivity contribution in [2.45, 2.75) is 39.3 Å². The lowest BCUT2D eigenvalue weighted by Gasteiger charge is -2.24. The zero-order valence-electron chi connectivity index (χ0n) is 15.1. The Labute approximate surface area is 161 Å². The van der Waals surface area contributed by atoms with Gasteiger partial charge in [-0.15, -0.1) is 0 Å². The molecule has 0 bridgehead atoms. The van der Waals surface area contributed by atoms with Gasteiger partial charge in [0.15, 0.2) is 0 Å². The summed E-state index contributed by atoms with van der Waals surface area (Å²) in [5.41, 5.74) is 3.11. The second-order valence-electron chi connectivity index (χ2n) is 6.63. The average molecular weight is 387 g/mol. The molecule has 1 amide bonds. The van der Waals surface area contributed by atoms with Crippen LogP contribution in [0.2, 0.25) is 5.02 Å². The van der Waals surface area contributed by atoms with Crippen molar-refractivity contribution in [3.63, 3.8) is 0 Å². The highest BCUT2D eigenvalue weighted by Crippen LogP contribution is 2.32. The maximum Gasteiger partial charge on any atom is 0.244 e. The molecule has 0 aromatic carbocycles. The van der Waals surface area contributed by atoms with Crippen molar-refractivity contribution >= 4 is 17.5 Å². The van der Waals surface area contributed by atoms with Gasteiger partial charge in [0.2, 0.25) is 5.91 Å². The number of likely N-dealkylation sites (tertiary alicyclic amines) is 1. The molecule has 0 radical (unpaired) electrons. The van der Waals surface area contributed by atoms with Crippen molar-refractivity contribution in [3.05, 3.63) is 47.0 Å². The molecule has 0 N–H and O–H groups in total. The maximum atomic E-state index is 12.8. The van der Waals surface area contributed by atoms with Gasteiger partial charge in [0.05, 0.1) is 52.3 Å². The molecule has 1 aliphatic rings. The van der Waals surface area contributed by atoms with Crippen molar-refractivity contribution in [3.8, 4) is 11.3 Å². The third-order valence-corrected chi connectivity index (χ3v) is 4.95. The van der Waals surface area contributed by atoms with Crippen molar-refractivity contribution in [1.29, 1.82) is 0 Å². The number of carbonyl (C=O) groups excluding carboxylic acids is 1. The van der Waals surface area contributed by atoms with Crippen LogP contribution in [0.5, 0.6) is 0 Å². The lowest BCUT2D eigenvalue weighted by Crippen LogP contribution is -2.34. The van der Waals surface area contributed by atoms with E-state index in [0.717, 1.165) is 29.8 Å². The minimum Gasteiger partial charge on any atom is -0.361 e. The van der Waals surface area contributed by atoms with E-state index in [1.165, 1.54) is 6.20 Å². The normalized spacial score (nSPS) is 16.9. The van der Waals surface area contributed by atoms with Gasteiger partial charge in [-0.05, 0) is 26.7 Å². The Morgan fingerprint density at radius 3 is 2.89 bits per heavy atom. The molecule has 3 aromatic rings. The molecular weight excluding hydrogens is 368 g/mol. The molecule has 0 spiro atoms. The molecule has 0 aliphatic carbocycles. The summed E-state index contributed by atoms with van der Waals surface area (Å²) in [6.45, 7) is 4.57. The molecule has 1 atom stereocenters. The zero-order chi connectivity index (χ0) is 19.0. The second kappa shape index (κ2) is 7.11. The van der Waals surface area contributed by atoms with Gasteiger partial charge < -0.3 is 9.42 Å². The summed E-state index contributed by atoms with van der Waals surface area (Å²) in [4.78, 5) is 23.7. The van der Waals surface area contributed by atoms with Gasteiger partial charge in [-0.3, -0.25) is 14.5 Å². The number of aromatic nitrogens is 5. The Balaban J connectivity index is 1.59. The largest absolute Gasteiger partial charge is 0.361 e. The van der Waals surface area contributed by atoms with E-state index in [9.17, 15) is 4.79 Å². The summed E-state index contributed by atoms with van der Waals surface area (Å²) in [7, 11) is 0. The van der Waals surface area contributed by atoms with Gasteiger partial charge >= 0.3 is 0 Å². The summed E-state index contributed by atoms with van der Waals surface area (Å²) >= 11 is 5.88. The van der Waals surface area contributed by atoms with Crippen LogP contribution in [0.3, 0.4) is 0 Å². The third-order valence-electron chi connectivity index (χ3n) is 4.76. The number of rotatable bonds is 4. The highest BCUT2D eigenvalue weighted by atomic mass is 35.5. The number of hydrogen-bond acceptors (Lipinski definition) is 6. The van der Waals surface area contributed by atoms with Gasteiger partial charge in [-0.1, -0.05) is 16.8 Å². The minimum atomic E-state index is -0.101. The Morgan fingerprint density at radius 2 is 2.19 bits per heavy atom. The maximum absolute atomic E-state index is 12.8. The first-order valence-corrected chi connectivity index (χ1v) is 9.13. The highest BCUT2D eigenvalue weighted by Gasteiger charge is 2.31. The van der Waals surface area contributed by atoms with Crippen molar-refractivity contribution in [2.75, 3.05) is 6.54 Å². The summed E-state index contributed by atoms with van der Waals surface area (Å²) < 4.78 is 6.79.